The van der Waals surface area contributed by atoms with Crippen molar-refractivity contribution in [3.8, 4) is 0 Å². The van der Waals surface area contributed by atoms with E-state index < -0.39 is 0 Å². The van der Waals surface area contributed by atoms with Crippen LogP contribution in [0.5, 0.6) is 0 Å². The summed E-state index contributed by atoms with van der Waals surface area (Å²) in [6.07, 6.45) is 3.71. The van der Waals surface area contributed by atoms with Gasteiger partial charge >= 0.3 is 0 Å². The highest BCUT2D eigenvalue weighted by Gasteiger charge is 2.09. The first-order chi connectivity index (χ1) is 6.74. The summed E-state index contributed by atoms with van der Waals surface area (Å²) in [5, 5.41) is 3.47. The lowest BCUT2D eigenvalue weighted by atomic mass is 10.1. The van der Waals surface area contributed by atoms with Crippen LogP contribution >= 0.6 is 0 Å². The normalized spacial score (nSPS) is 15.4. The molecule has 0 aromatic heterocycles. The summed E-state index contributed by atoms with van der Waals surface area (Å²) in [4.78, 5) is 0. The number of nitrogens with one attached hydrogen (secondary N) is 1. The Labute approximate surface area is 88.2 Å². The van der Waals surface area contributed by atoms with Gasteiger partial charge in [0, 0.05) is 20.3 Å². The first kappa shape index (κ1) is 13.9. The number of ether oxygens (including phenoxy) is 2. The molecular weight excluding hydrogens is 178 g/mol. The molecule has 0 fully saturated rings. The van der Waals surface area contributed by atoms with Crippen molar-refractivity contribution >= 4 is 0 Å². The van der Waals surface area contributed by atoms with E-state index in [1.54, 1.807) is 14.2 Å². The molecule has 14 heavy (non-hydrogen) atoms. The molecule has 0 saturated carbocycles. The largest absolute Gasteiger partial charge is 0.383 e. The van der Waals surface area contributed by atoms with Crippen LogP contribution in [0.4, 0.5) is 0 Å². The van der Waals surface area contributed by atoms with Crippen LogP contribution in [0, 0.1) is 0 Å². The summed E-state index contributed by atoms with van der Waals surface area (Å²) in [6, 6.07) is 0.470. The Morgan fingerprint density at radius 3 is 2.43 bits per heavy atom. The molecule has 0 spiro atoms. The predicted molar refractivity (Wildman–Crippen MR) is 59.7 cm³/mol. The zero-order valence-corrected chi connectivity index (χ0v) is 10.0. The molecule has 0 heterocycles. The quantitative estimate of drug-likeness (QED) is 0.620. The van der Waals surface area contributed by atoms with Crippen LogP contribution in [-0.4, -0.2) is 39.5 Å². The van der Waals surface area contributed by atoms with E-state index in [0.717, 1.165) is 26.0 Å². The lowest BCUT2D eigenvalue weighted by Gasteiger charge is -2.19. The highest BCUT2D eigenvalue weighted by atomic mass is 16.5. The van der Waals surface area contributed by atoms with Crippen LogP contribution in [0.3, 0.4) is 0 Å². The van der Waals surface area contributed by atoms with Crippen molar-refractivity contribution in [3.63, 3.8) is 0 Å². The summed E-state index contributed by atoms with van der Waals surface area (Å²) in [7, 11) is 3.51. The second kappa shape index (κ2) is 9.44. The van der Waals surface area contributed by atoms with Gasteiger partial charge in [-0.2, -0.15) is 0 Å². The third-order valence-corrected chi connectivity index (χ3v) is 2.37. The Balaban J connectivity index is 3.60. The first-order valence-electron chi connectivity index (χ1n) is 5.49. The third kappa shape index (κ3) is 7.30. The first-order valence-corrected chi connectivity index (χ1v) is 5.49. The third-order valence-electron chi connectivity index (χ3n) is 2.37. The fraction of sp³-hybridized carbons (Fsp3) is 1.00. The average molecular weight is 203 g/mol. The molecule has 0 bridgehead atoms. The van der Waals surface area contributed by atoms with Gasteiger partial charge in [-0.1, -0.05) is 6.92 Å². The monoisotopic (exact) mass is 203 g/mol. The number of hydrogen-bond donors (Lipinski definition) is 1. The Bertz CT molecular complexity index is 120. The molecule has 0 radical (unpaired) electrons. The average Bonchev–Trinajstić information content (AvgIpc) is 2.21. The van der Waals surface area contributed by atoms with Crippen molar-refractivity contribution in [1.82, 2.24) is 5.32 Å². The van der Waals surface area contributed by atoms with Gasteiger partial charge in [-0.15, -0.1) is 0 Å². The van der Waals surface area contributed by atoms with Crippen molar-refractivity contribution < 1.29 is 9.47 Å². The summed E-state index contributed by atoms with van der Waals surface area (Å²) in [5.74, 6) is 0. The molecule has 0 aromatic carbocycles. The Kier molecular flexibility index (Phi) is 9.35. The van der Waals surface area contributed by atoms with E-state index in [-0.39, 0.29) is 0 Å². The summed E-state index contributed by atoms with van der Waals surface area (Å²) >= 11 is 0. The van der Waals surface area contributed by atoms with Crippen LogP contribution in [0.1, 0.15) is 33.1 Å². The molecule has 0 rings (SSSR count). The van der Waals surface area contributed by atoms with E-state index in [1.165, 1.54) is 6.42 Å². The van der Waals surface area contributed by atoms with Gasteiger partial charge in [0.05, 0.1) is 12.7 Å². The van der Waals surface area contributed by atoms with Gasteiger partial charge in [-0.3, -0.25) is 0 Å². The number of hydrogen-bond acceptors (Lipinski definition) is 3. The van der Waals surface area contributed by atoms with E-state index in [9.17, 15) is 0 Å². The molecule has 2 unspecified atom stereocenters. The molecule has 0 aliphatic carbocycles. The second-order valence-electron chi connectivity index (χ2n) is 3.73. The van der Waals surface area contributed by atoms with Crippen molar-refractivity contribution in [2.45, 2.75) is 45.3 Å². The molecule has 1 N–H and O–H groups in total. The smallest absolute Gasteiger partial charge is 0.0615 e. The summed E-state index contributed by atoms with van der Waals surface area (Å²) < 4.78 is 10.4. The molecule has 86 valence electrons. The maximum Gasteiger partial charge on any atom is 0.0615 e. The van der Waals surface area contributed by atoms with Crippen molar-refractivity contribution in [2.24, 2.45) is 0 Å². The lowest BCUT2D eigenvalue weighted by Crippen LogP contribution is -2.34. The summed E-state index contributed by atoms with van der Waals surface area (Å²) in [5.41, 5.74) is 0. The Morgan fingerprint density at radius 2 is 1.93 bits per heavy atom. The van der Waals surface area contributed by atoms with Gasteiger partial charge in [0.1, 0.15) is 0 Å². The van der Waals surface area contributed by atoms with Gasteiger partial charge in [-0.25, -0.2) is 0 Å². The molecule has 0 amide bonds. The molecular formula is C11H25NO2. The fourth-order valence-electron chi connectivity index (χ4n) is 1.35. The minimum Gasteiger partial charge on any atom is -0.383 e. The fourth-order valence-corrected chi connectivity index (χ4v) is 1.35. The lowest BCUT2D eigenvalue weighted by molar-refractivity contribution is 0.0976. The van der Waals surface area contributed by atoms with Crippen LogP contribution < -0.4 is 5.32 Å². The molecule has 0 aromatic rings. The Morgan fingerprint density at radius 1 is 1.21 bits per heavy atom. The molecule has 2 atom stereocenters. The minimum atomic E-state index is 0.345. The topological polar surface area (TPSA) is 30.5 Å². The zero-order chi connectivity index (χ0) is 10.8. The van der Waals surface area contributed by atoms with Gasteiger partial charge in [0.25, 0.3) is 0 Å². The van der Waals surface area contributed by atoms with E-state index in [2.05, 4.69) is 19.2 Å². The van der Waals surface area contributed by atoms with Crippen molar-refractivity contribution in [1.29, 1.82) is 0 Å². The van der Waals surface area contributed by atoms with Crippen LogP contribution in [0.2, 0.25) is 0 Å². The number of rotatable bonds is 9. The predicted octanol–water partition coefficient (Wildman–Crippen LogP) is 1.82. The van der Waals surface area contributed by atoms with E-state index in [4.69, 9.17) is 9.47 Å². The molecule has 3 heteroatoms. The van der Waals surface area contributed by atoms with Crippen LogP contribution in [0.25, 0.3) is 0 Å². The van der Waals surface area contributed by atoms with Crippen LogP contribution in [-0.2, 0) is 9.47 Å². The van der Waals surface area contributed by atoms with Crippen molar-refractivity contribution in [3.05, 3.63) is 0 Å². The standard InChI is InChI=1S/C11H25NO2/c1-5-8-12-11(9-13-3)7-6-10(2)14-4/h10-12H,5-9H2,1-4H3. The maximum atomic E-state index is 5.21. The van der Waals surface area contributed by atoms with E-state index >= 15 is 0 Å². The SMILES string of the molecule is CCCNC(CCC(C)OC)COC. The zero-order valence-electron chi connectivity index (χ0n) is 10.0. The number of methoxy groups -OCH3 is 2. The van der Waals surface area contributed by atoms with Gasteiger partial charge in [0.15, 0.2) is 0 Å². The highest BCUT2D eigenvalue weighted by Crippen LogP contribution is 2.04. The molecule has 0 aliphatic heterocycles. The summed E-state index contributed by atoms with van der Waals surface area (Å²) in [6.45, 7) is 6.13. The van der Waals surface area contributed by atoms with Crippen molar-refractivity contribution in [2.75, 3.05) is 27.4 Å². The maximum absolute atomic E-state index is 5.21. The van der Waals surface area contributed by atoms with Gasteiger partial charge < -0.3 is 14.8 Å². The molecule has 3 nitrogen and oxygen atoms in total. The minimum absolute atomic E-state index is 0.345. The van der Waals surface area contributed by atoms with Gasteiger partial charge in [0.2, 0.25) is 0 Å². The molecule has 0 aliphatic rings. The highest BCUT2D eigenvalue weighted by molar-refractivity contribution is 4.67. The van der Waals surface area contributed by atoms with E-state index in [0.29, 0.717) is 12.1 Å². The second-order valence-corrected chi connectivity index (χ2v) is 3.73. The Hall–Kier alpha value is -0.120. The van der Waals surface area contributed by atoms with E-state index in [1.807, 2.05) is 0 Å². The molecule has 0 saturated heterocycles. The van der Waals surface area contributed by atoms with Crippen LogP contribution in [0.15, 0.2) is 0 Å². The van der Waals surface area contributed by atoms with Gasteiger partial charge in [-0.05, 0) is 32.7 Å².